The van der Waals surface area contributed by atoms with Crippen molar-refractivity contribution in [2.75, 3.05) is 20.3 Å². The zero-order valence-electron chi connectivity index (χ0n) is 14.4. The fourth-order valence-corrected chi connectivity index (χ4v) is 4.45. The Bertz CT molecular complexity index is 668. The molecule has 3 aliphatic rings. The van der Waals surface area contributed by atoms with Crippen molar-refractivity contribution in [1.82, 2.24) is 0 Å². The first kappa shape index (κ1) is 16.9. The first-order chi connectivity index (χ1) is 12.1. The Labute approximate surface area is 147 Å². The van der Waals surface area contributed by atoms with E-state index in [1.54, 1.807) is 7.11 Å². The zero-order chi connectivity index (χ0) is 17.4. The molecule has 1 aromatic carbocycles. The Balaban J connectivity index is 1.37. The predicted molar refractivity (Wildman–Crippen MR) is 90.8 cm³/mol. The summed E-state index contributed by atoms with van der Waals surface area (Å²) in [5.74, 6) is 6.80. The molecule has 0 bridgehead atoms. The Morgan fingerprint density at radius 2 is 2.00 bits per heavy atom. The van der Waals surface area contributed by atoms with Crippen LogP contribution in [0.15, 0.2) is 24.3 Å². The number of aliphatic hydroxyl groups is 2. The molecular formula is C20H24O5. The third-order valence-electron chi connectivity index (χ3n) is 5.75. The smallest absolute Gasteiger partial charge is 0.172 e. The van der Waals surface area contributed by atoms with Crippen LogP contribution in [-0.2, 0) is 15.9 Å². The summed E-state index contributed by atoms with van der Waals surface area (Å²) in [5.41, 5.74) is 1.00. The molecule has 0 radical (unpaired) electrons. The Hall–Kier alpha value is -1.58. The summed E-state index contributed by atoms with van der Waals surface area (Å²) in [7, 11) is 1.63. The Kier molecular flexibility index (Phi) is 4.47. The van der Waals surface area contributed by atoms with E-state index >= 15 is 0 Å². The highest BCUT2D eigenvalue weighted by Gasteiger charge is 2.64. The second-order valence-electron chi connectivity index (χ2n) is 7.17. The van der Waals surface area contributed by atoms with Gasteiger partial charge in [-0.15, -0.1) is 0 Å². The van der Waals surface area contributed by atoms with Crippen molar-refractivity contribution in [3.05, 3.63) is 29.8 Å². The van der Waals surface area contributed by atoms with Crippen LogP contribution in [0.5, 0.6) is 5.75 Å². The maximum atomic E-state index is 10.4. The van der Waals surface area contributed by atoms with Crippen LogP contribution >= 0.6 is 0 Å². The normalized spacial score (nSPS) is 33.2. The van der Waals surface area contributed by atoms with Crippen LogP contribution in [0.4, 0.5) is 0 Å². The summed E-state index contributed by atoms with van der Waals surface area (Å²) in [5, 5.41) is 20.6. The fraction of sp³-hybridized carbons (Fsp3) is 0.600. The minimum absolute atomic E-state index is 0.103. The van der Waals surface area contributed by atoms with Gasteiger partial charge in [-0.1, -0.05) is 24.0 Å². The first-order valence-corrected chi connectivity index (χ1v) is 8.89. The monoisotopic (exact) mass is 344 g/mol. The second kappa shape index (κ2) is 6.62. The van der Waals surface area contributed by atoms with Gasteiger partial charge in [0.05, 0.1) is 26.4 Å². The van der Waals surface area contributed by atoms with E-state index in [1.165, 1.54) is 0 Å². The van der Waals surface area contributed by atoms with Crippen molar-refractivity contribution >= 4 is 0 Å². The molecule has 1 heterocycles. The molecule has 134 valence electrons. The molecule has 5 unspecified atom stereocenters. The average Bonchev–Trinajstić information content (AvgIpc) is 3.19. The lowest BCUT2D eigenvalue weighted by Gasteiger charge is -2.48. The summed E-state index contributed by atoms with van der Waals surface area (Å²) in [6.45, 7) is 1.27. The molecule has 3 fully saturated rings. The van der Waals surface area contributed by atoms with Crippen molar-refractivity contribution in [1.29, 1.82) is 0 Å². The van der Waals surface area contributed by atoms with E-state index in [4.69, 9.17) is 14.2 Å². The van der Waals surface area contributed by atoms with Gasteiger partial charge in [-0.2, -0.15) is 0 Å². The average molecular weight is 344 g/mol. The van der Waals surface area contributed by atoms with Crippen LogP contribution in [0.3, 0.4) is 0 Å². The maximum absolute atomic E-state index is 10.4. The molecule has 2 aliphatic carbocycles. The maximum Gasteiger partial charge on any atom is 0.172 e. The van der Waals surface area contributed by atoms with E-state index in [9.17, 15) is 10.2 Å². The molecule has 5 nitrogen and oxygen atoms in total. The molecule has 1 spiro atoms. The number of hydrogen-bond acceptors (Lipinski definition) is 5. The molecule has 1 aromatic rings. The lowest BCUT2D eigenvalue weighted by molar-refractivity contribution is -0.270. The number of fused-ring (bicyclic) bond motifs is 2. The predicted octanol–water partition coefficient (Wildman–Crippen LogP) is 1.36. The lowest BCUT2D eigenvalue weighted by atomic mass is 9.67. The minimum Gasteiger partial charge on any atom is -0.497 e. The molecule has 0 aromatic heterocycles. The van der Waals surface area contributed by atoms with E-state index < -0.39 is 18.0 Å². The highest BCUT2D eigenvalue weighted by atomic mass is 16.7. The van der Waals surface area contributed by atoms with Crippen molar-refractivity contribution in [3.63, 3.8) is 0 Å². The third-order valence-corrected chi connectivity index (χ3v) is 5.75. The second-order valence-corrected chi connectivity index (χ2v) is 7.17. The molecule has 25 heavy (non-hydrogen) atoms. The van der Waals surface area contributed by atoms with Crippen molar-refractivity contribution in [2.45, 2.75) is 37.3 Å². The Morgan fingerprint density at radius 3 is 2.68 bits per heavy atom. The number of methoxy groups -OCH3 is 1. The SMILES string of the molecule is COc1ccc(CC(O)C#CC2C(O)CC3C2CC32OCCO2)cc1. The van der Waals surface area contributed by atoms with Gasteiger partial charge >= 0.3 is 0 Å². The van der Waals surface area contributed by atoms with Crippen LogP contribution in [0.1, 0.15) is 18.4 Å². The standard InChI is InChI=1S/C20H24O5/c1-23-15-5-2-13(3-6-15)10-14(21)4-7-16-17-12-20(24-8-9-25-20)18(17)11-19(16)22/h2-3,5-6,14,16-19,21-22H,8-12H2,1H3. The molecule has 2 saturated carbocycles. The summed E-state index contributed by atoms with van der Waals surface area (Å²) < 4.78 is 16.7. The zero-order valence-corrected chi connectivity index (χ0v) is 14.4. The number of benzene rings is 1. The van der Waals surface area contributed by atoms with E-state index in [-0.39, 0.29) is 11.8 Å². The van der Waals surface area contributed by atoms with Crippen molar-refractivity contribution in [2.24, 2.45) is 17.8 Å². The number of hydrogen-bond donors (Lipinski definition) is 2. The van der Waals surface area contributed by atoms with Gasteiger partial charge in [0.2, 0.25) is 0 Å². The van der Waals surface area contributed by atoms with E-state index in [0.29, 0.717) is 32.0 Å². The van der Waals surface area contributed by atoms with Gasteiger partial charge in [0, 0.05) is 24.7 Å². The Morgan fingerprint density at radius 1 is 1.28 bits per heavy atom. The van der Waals surface area contributed by atoms with E-state index in [0.717, 1.165) is 17.7 Å². The van der Waals surface area contributed by atoms with Gasteiger partial charge in [0.25, 0.3) is 0 Å². The molecule has 4 rings (SSSR count). The van der Waals surface area contributed by atoms with Gasteiger partial charge in [0.1, 0.15) is 11.9 Å². The van der Waals surface area contributed by atoms with Gasteiger partial charge in [-0.3, -0.25) is 0 Å². The van der Waals surface area contributed by atoms with Crippen LogP contribution in [0.25, 0.3) is 0 Å². The van der Waals surface area contributed by atoms with Gasteiger partial charge in [-0.05, 0) is 30.0 Å². The quantitative estimate of drug-likeness (QED) is 0.811. The summed E-state index contributed by atoms with van der Waals surface area (Å²) in [6, 6.07) is 7.59. The number of rotatable bonds is 3. The molecule has 5 atom stereocenters. The molecule has 1 saturated heterocycles. The molecule has 0 amide bonds. The van der Waals surface area contributed by atoms with E-state index in [1.807, 2.05) is 24.3 Å². The van der Waals surface area contributed by atoms with Gasteiger partial charge in [-0.25, -0.2) is 0 Å². The third kappa shape index (κ3) is 3.04. The first-order valence-electron chi connectivity index (χ1n) is 8.89. The molecule has 2 N–H and O–H groups in total. The fourth-order valence-electron chi connectivity index (χ4n) is 4.45. The lowest BCUT2D eigenvalue weighted by Crippen LogP contribution is -2.53. The molecule has 5 heteroatoms. The number of ether oxygens (including phenoxy) is 3. The van der Waals surface area contributed by atoms with Crippen molar-refractivity contribution < 1.29 is 24.4 Å². The summed E-state index contributed by atoms with van der Waals surface area (Å²) in [4.78, 5) is 0. The topological polar surface area (TPSA) is 68.2 Å². The van der Waals surface area contributed by atoms with Crippen molar-refractivity contribution in [3.8, 4) is 17.6 Å². The number of aliphatic hydroxyl groups excluding tert-OH is 2. The van der Waals surface area contributed by atoms with Gasteiger partial charge < -0.3 is 24.4 Å². The van der Waals surface area contributed by atoms with Crippen LogP contribution in [0, 0.1) is 29.6 Å². The highest BCUT2D eigenvalue weighted by molar-refractivity contribution is 5.29. The van der Waals surface area contributed by atoms with Gasteiger partial charge in [0.15, 0.2) is 5.79 Å². The molecule has 1 aliphatic heterocycles. The van der Waals surface area contributed by atoms with Crippen LogP contribution < -0.4 is 4.74 Å². The largest absolute Gasteiger partial charge is 0.497 e. The highest BCUT2D eigenvalue weighted by Crippen LogP contribution is 2.59. The van der Waals surface area contributed by atoms with E-state index in [2.05, 4.69) is 11.8 Å². The summed E-state index contributed by atoms with van der Waals surface area (Å²) >= 11 is 0. The summed E-state index contributed by atoms with van der Waals surface area (Å²) in [6.07, 6.45) is 0.709. The molecular weight excluding hydrogens is 320 g/mol. The van der Waals surface area contributed by atoms with Crippen LogP contribution in [0.2, 0.25) is 0 Å². The minimum atomic E-state index is -0.743. The van der Waals surface area contributed by atoms with Crippen LogP contribution in [-0.4, -0.2) is 48.5 Å².